The lowest BCUT2D eigenvalue weighted by Gasteiger charge is -2.24. The van der Waals surface area contributed by atoms with Crippen molar-refractivity contribution in [3.8, 4) is 11.1 Å². The van der Waals surface area contributed by atoms with E-state index in [1.165, 1.54) is 12.1 Å². The quantitative estimate of drug-likeness (QED) is 0.182. The zero-order valence-corrected chi connectivity index (χ0v) is 32.7. The van der Waals surface area contributed by atoms with Crippen LogP contribution < -0.4 is 16.0 Å². The zero-order chi connectivity index (χ0) is 35.9. The lowest BCUT2D eigenvalue weighted by molar-refractivity contribution is -0.134. The minimum Gasteiger partial charge on any atom is -0.481 e. The zero-order valence-electron chi connectivity index (χ0n) is 29.6. The lowest BCUT2D eigenvalue weighted by atomic mass is 9.89. The summed E-state index contributed by atoms with van der Waals surface area (Å²) in [6.07, 6.45) is 4.16. The Morgan fingerprint density at radius 3 is 1.72 bits per heavy atom. The Balaban J connectivity index is 0.000000837. The van der Waals surface area contributed by atoms with Gasteiger partial charge in [0.25, 0.3) is 5.97 Å². The summed E-state index contributed by atoms with van der Waals surface area (Å²) in [6, 6.07) is 13.3. The van der Waals surface area contributed by atoms with Crippen LogP contribution in [0.5, 0.6) is 0 Å². The molecule has 0 saturated carbocycles. The van der Waals surface area contributed by atoms with Gasteiger partial charge in [-0.2, -0.15) is 0 Å². The van der Waals surface area contributed by atoms with Gasteiger partial charge in [0.1, 0.15) is 22.8 Å². The molecular weight excluding hydrogens is 785 g/mol. The third-order valence-corrected chi connectivity index (χ3v) is 6.53. The molecule has 1 fully saturated rings. The second-order valence-electron chi connectivity index (χ2n) is 13.2. The van der Waals surface area contributed by atoms with Crippen molar-refractivity contribution in [3.05, 3.63) is 89.2 Å². The van der Waals surface area contributed by atoms with E-state index >= 15 is 0 Å². The average molecular weight is 835 g/mol. The molecule has 0 atom stereocenters. The lowest BCUT2D eigenvalue weighted by Crippen LogP contribution is -2.32. The van der Waals surface area contributed by atoms with Crippen LogP contribution in [0.25, 0.3) is 11.1 Å². The van der Waals surface area contributed by atoms with Gasteiger partial charge in [0, 0.05) is 38.0 Å². The Labute approximate surface area is 316 Å². The maximum Gasteiger partial charge on any atom is 0.407 e. The first-order valence-electron chi connectivity index (χ1n) is 15.7. The highest BCUT2D eigenvalue weighted by Gasteiger charge is 2.20. The SMILES string of the molecule is CC(=O)O.CC(C)(C)OC(=O)NCc1ccc(F)c(-c2ccncc2)c1.CC(C)(C)OC(=O)NCc1ccc(F)c(C2CCNCC2)c1.Cl.I. The van der Waals surface area contributed by atoms with Crippen molar-refractivity contribution in [3.63, 3.8) is 0 Å². The number of aromatic nitrogens is 1. The molecule has 0 unspecified atom stereocenters. The predicted molar refractivity (Wildman–Crippen MR) is 203 cm³/mol. The van der Waals surface area contributed by atoms with Crippen LogP contribution in [0.4, 0.5) is 18.4 Å². The molecule has 1 saturated heterocycles. The number of nitrogens with one attached hydrogen (secondary N) is 3. The molecule has 10 nitrogen and oxygen atoms in total. The summed E-state index contributed by atoms with van der Waals surface area (Å²) >= 11 is 0. The number of carbonyl (C=O) groups excluding carboxylic acids is 2. The highest BCUT2D eigenvalue weighted by atomic mass is 127. The van der Waals surface area contributed by atoms with Gasteiger partial charge >= 0.3 is 12.2 Å². The Morgan fingerprint density at radius 1 is 0.820 bits per heavy atom. The summed E-state index contributed by atoms with van der Waals surface area (Å²) in [6.45, 7) is 14.4. The van der Waals surface area contributed by atoms with Crippen molar-refractivity contribution in [2.75, 3.05) is 13.1 Å². The van der Waals surface area contributed by atoms with E-state index in [2.05, 4.69) is 20.9 Å². The third-order valence-electron chi connectivity index (χ3n) is 6.53. The predicted octanol–water partition coefficient (Wildman–Crippen LogP) is 8.36. The number of benzene rings is 2. The molecule has 4 N–H and O–H groups in total. The van der Waals surface area contributed by atoms with E-state index in [-0.39, 0.29) is 60.5 Å². The molecule has 2 heterocycles. The second kappa shape index (κ2) is 22.3. The summed E-state index contributed by atoms with van der Waals surface area (Å²) in [5.74, 6) is -1.05. The molecule has 0 radical (unpaired) electrons. The third kappa shape index (κ3) is 19.0. The Morgan fingerprint density at radius 2 is 1.26 bits per heavy atom. The van der Waals surface area contributed by atoms with Gasteiger partial charge in [0.15, 0.2) is 0 Å². The molecule has 2 aromatic carbocycles. The van der Waals surface area contributed by atoms with Crippen molar-refractivity contribution < 1.29 is 37.7 Å². The summed E-state index contributed by atoms with van der Waals surface area (Å²) < 4.78 is 38.4. The second-order valence-corrected chi connectivity index (χ2v) is 13.2. The molecule has 50 heavy (non-hydrogen) atoms. The van der Waals surface area contributed by atoms with Crippen molar-refractivity contribution in [2.24, 2.45) is 0 Å². The number of carboxylic acids is 1. The van der Waals surface area contributed by atoms with Crippen molar-refractivity contribution in [1.29, 1.82) is 0 Å². The van der Waals surface area contributed by atoms with Crippen LogP contribution in [-0.2, 0) is 27.4 Å². The molecule has 3 aromatic rings. The first kappa shape index (κ1) is 46.4. The summed E-state index contributed by atoms with van der Waals surface area (Å²) in [5, 5.41) is 16.1. The number of carboxylic acid groups (broad SMARTS) is 1. The Kier molecular flexibility index (Phi) is 20.7. The van der Waals surface area contributed by atoms with E-state index in [0.717, 1.165) is 55.1 Å². The number of alkyl carbamates (subject to hydrolysis) is 2. The number of piperidine rings is 1. The van der Waals surface area contributed by atoms with Gasteiger partial charge in [-0.05, 0) is 126 Å². The molecule has 1 aliphatic heterocycles. The number of hydrogen-bond donors (Lipinski definition) is 4. The first-order chi connectivity index (χ1) is 22.4. The van der Waals surface area contributed by atoms with E-state index in [0.29, 0.717) is 12.1 Å². The molecule has 0 bridgehead atoms. The van der Waals surface area contributed by atoms with Crippen molar-refractivity contribution in [1.82, 2.24) is 20.9 Å². The molecule has 2 amide bonds. The highest BCUT2D eigenvalue weighted by molar-refractivity contribution is 14.0. The maximum atomic E-state index is 14.0. The first-order valence-corrected chi connectivity index (χ1v) is 15.7. The number of rotatable bonds is 6. The number of nitrogens with zero attached hydrogens (tertiary/aromatic N) is 1. The van der Waals surface area contributed by atoms with E-state index in [1.807, 2.05) is 26.8 Å². The highest BCUT2D eigenvalue weighted by Crippen LogP contribution is 2.28. The van der Waals surface area contributed by atoms with E-state index in [1.54, 1.807) is 63.5 Å². The average Bonchev–Trinajstić information content (AvgIpc) is 2.99. The fraction of sp³-hybridized carbons (Fsp3) is 0.444. The van der Waals surface area contributed by atoms with Gasteiger partial charge < -0.3 is 30.5 Å². The van der Waals surface area contributed by atoms with Crippen LogP contribution in [0, 0.1) is 11.6 Å². The van der Waals surface area contributed by atoms with Crippen LogP contribution in [0.15, 0.2) is 60.9 Å². The van der Waals surface area contributed by atoms with Crippen LogP contribution >= 0.6 is 36.4 Å². The number of aliphatic carboxylic acids is 1. The minimum atomic E-state index is -0.833. The molecule has 4 rings (SSSR count). The Bertz CT molecular complexity index is 1490. The number of halogens is 4. The number of carbonyl (C=O) groups is 3. The largest absolute Gasteiger partial charge is 0.481 e. The Hall–Kier alpha value is -3.56. The molecule has 0 aliphatic carbocycles. The van der Waals surface area contributed by atoms with E-state index in [9.17, 15) is 18.4 Å². The normalized spacial score (nSPS) is 12.6. The molecule has 14 heteroatoms. The molecule has 1 aliphatic rings. The van der Waals surface area contributed by atoms with Gasteiger partial charge in [0.2, 0.25) is 0 Å². The smallest absolute Gasteiger partial charge is 0.407 e. The van der Waals surface area contributed by atoms with Crippen LogP contribution in [0.3, 0.4) is 0 Å². The molecule has 1 aromatic heterocycles. The van der Waals surface area contributed by atoms with Crippen molar-refractivity contribution >= 4 is 54.5 Å². The minimum absolute atomic E-state index is 0. The van der Waals surface area contributed by atoms with Crippen LogP contribution in [-0.4, -0.2) is 52.5 Å². The standard InChI is InChI=1S/C17H25FN2O2.C17H19FN2O2.C2H4O2.ClH.HI/c2*1-17(2,3)22-16(21)20-11-12-4-5-15(18)14(10-12)13-6-8-19-9-7-13;1-2(3)4;;/h4-5,10,13,19H,6-9,11H2,1-3H3,(H,20,21);4-10H,11H2,1-3H3,(H,20,21);1H3,(H,3,4);2*1H. The summed E-state index contributed by atoms with van der Waals surface area (Å²) in [5.41, 5.74) is 2.59. The van der Waals surface area contributed by atoms with Crippen LogP contribution in [0.2, 0.25) is 0 Å². The fourth-order valence-electron chi connectivity index (χ4n) is 4.56. The number of amides is 2. The number of hydrogen-bond acceptors (Lipinski definition) is 7. The fourth-order valence-corrected chi connectivity index (χ4v) is 4.56. The van der Waals surface area contributed by atoms with Gasteiger partial charge in [-0.1, -0.05) is 18.2 Å². The summed E-state index contributed by atoms with van der Waals surface area (Å²) in [4.78, 5) is 36.2. The number of ether oxygens (including phenoxy) is 2. The van der Waals surface area contributed by atoms with Gasteiger partial charge in [-0.3, -0.25) is 9.78 Å². The number of pyridine rings is 1. The summed E-state index contributed by atoms with van der Waals surface area (Å²) in [7, 11) is 0. The van der Waals surface area contributed by atoms with Gasteiger partial charge in [0.05, 0.1) is 0 Å². The van der Waals surface area contributed by atoms with Crippen molar-refractivity contribution in [2.45, 2.75) is 91.5 Å². The molecule has 0 spiro atoms. The van der Waals surface area contributed by atoms with Crippen LogP contribution in [0.1, 0.15) is 83.9 Å². The molecule has 278 valence electrons. The van der Waals surface area contributed by atoms with E-state index < -0.39 is 29.4 Å². The van der Waals surface area contributed by atoms with E-state index in [4.69, 9.17) is 19.4 Å². The van der Waals surface area contributed by atoms with Gasteiger partial charge in [-0.25, -0.2) is 18.4 Å². The maximum absolute atomic E-state index is 14.0. The monoisotopic (exact) mass is 834 g/mol. The van der Waals surface area contributed by atoms with Gasteiger partial charge in [-0.15, -0.1) is 36.4 Å². The molecular formula is C36H50ClF2IN4O6. The topological polar surface area (TPSA) is 139 Å².